The van der Waals surface area contributed by atoms with E-state index in [1.54, 1.807) is 62.2 Å². The first-order valence-electron chi connectivity index (χ1n) is 15.2. The van der Waals surface area contributed by atoms with Gasteiger partial charge >= 0.3 is 13.8 Å². The Hall–Kier alpha value is -4.20. The fraction of sp³-hybridized carbons (Fsp3) is 0.419. The number of rotatable bonds is 11. The Morgan fingerprint density at radius 3 is 2.26 bits per heavy atom. The number of carbonyl (C=O) groups is 2. The smallest absolute Gasteiger partial charge is 0.368 e. The lowest BCUT2D eigenvalue weighted by molar-refractivity contribution is -0.137. The summed E-state index contributed by atoms with van der Waals surface area (Å²) in [6, 6.07) is 10.1. The SMILES string of the molecule is CCOP(=O)(Cc1ccc(Nc2ncc(C(F)(F)F)c(Nc3ccc(N4CCN(C(C)=O)CC4)c4c3C(=O)N(C)C4)n2)cc1)OCC. The third-order valence-electron chi connectivity index (χ3n) is 7.89. The van der Waals surface area contributed by atoms with E-state index in [1.807, 2.05) is 0 Å². The van der Waals surface area contributed by atoms with Crippen molar-refractivity contribution in [3.63, 3.8) is 0 Å². The number of hydrogen-bond acceptors (Lipinski definition) is 10. The van der Waals surface area contributed by atoms with Crippen molar-refractivity contribution in [2.75, 3.05) is 62.0 Å². The molecule has 0 spiro atoms. The molecule has 1 fully saturated rings. The topological polar surface area (TPSA) is 129 Å². The monoisotopic (exact) mass is 675 g/mol. The number of alkyl halides is 3. The number of hydrogen-bond donors (Lipinski definition) is 2. The number of halogens is 3. The van der Waals surface area contributed by atoms with E-state index in [0.29, 0.717) is 49.2 Å². The van der Waals surface area contributed by atoms with Gasteiger partial charge in [-0.25, -0.2) is 4.98 Å². The number of carbonyl (C=O) groups excluding carboxylic acids is 2. The van der Waals surface area contributed by atoms with Crippen LogP contribution in [0.25, 0.3) is 0 Å². The first kappa shape index (κ1) is 34.1. The Labute approximate surface area is 270 Å². The molecule has 1 aromatic heterocycles. The molecule has 0 atom stereocenters. The molecule has 2 aliphatic rings. The molecule has 2 N–H and O–H groups in total. The maximum absolute atomic E-state index is 14.1. The van der Waals surface area contributed by atoms with Gasteiger partial charge in [0.1, 0.15) is 11.4 Å². The molecule has 0 unspecified atom stereocenters. The van der Waals surface area contributed by atoms with Crippen LogP contribution in [0.5, 0.6) is 0 Å². The van der Waals surface area contributed by atoms with Crippen LogP contribution in [0.2, 0.25) is 0 Å². The van der Waals surface area contributed by atoms with Crippen LogP contribution in [-0.2, 0) is 37.3 Å². The van der Waals surface area contributed by atoms with Crippen LogP contribution in [0.1, 0.15) is 47.8 Å². The lowest BCUT2D eigenvalue weighted by Gasteiger charge is -2.36. The van der Waals surface area contributed by atoms with Gasteiger partial charge in [0.15, 0.2) is 0 Å². The lowest BCUT2D eigenvalue weighted by atomic mass is 10.0. The zero-order valence-corrected chi connectivity index (χ0v) is 27.5. The molecule has 5 rings (SSSR count). The van der Waals surface area contributed by atoms with Gasteiger partial charge in [0.2, 0.25) is 11.9 Å². The van der Waals surface area contributed by atoms with Crippen LogP contribution in [0, 0.1) is 0 Å². The second kappa shape index (κ2) is 13.9. The molecule has 16 heteroatoms. The molecule has 3 aromatic rings. The molecule has 0 bridgehead atoms. The highest BCUT2D eigenvalue weighted by molar-refractivity contribution is 7.53. The molecule has 3 heterocycles. The number of aromatic nitrogens is 2. The molecule has 0 radical (unpaired) electrons. The van der Waals surface area contributed by atoms with Crippen molar-refractivity contribution in [1.29, 1.82) is 0 Å². The van der Waals surface area contributed by atoms with Gasteiger partial charge in [-0.2, -0.15) is 18.2 Å². The van der Waals surface area contributed by atoms with E-state index in [-0.39, 0.29) is 54.9 Å². The van der Waals surface area contributed by atoms with Gasteiger partial charge < -0.3 is 34.4 Å². The summed E-state index contributed by atoms with van der Waals surface area (Å²) in [4.78, 5) is 38.5. The Morgan fingerprint density at radius 2 is 1.66 bits per heavy atom. The second-order valence-corrected chi connectivity index (χ2v) is 13.2. The highest BCUT2D eigenvalue weighted by atomic mass is 31.2. The van der Waals surface area contributed by atoms with E-state index < -0.39 is 25.2 Å². The number of fused-ring (bicyclic) bond motifs is 1. The summed E-state index contributed by atoms with van der Waals surface area (Å²) in [5.74, 6) is -0.964. The minimum absolute atomic E-state index is 0.00735. The quantitative estimate of drug-likeness (QED) is 0.234. The zero-order chi connectivity index (χ0) is 33.9. The minimum atomic E-state index is -4.78. The van der Waals surface area contributed by atoms with Gasteiger partial charge in [-0.05, 0) is 43.7 Å². The number of piperazine rings is 1. The third kappa shape index (κ3) is 7.69. The van der Waals surface area contributed by atoms with E-state index in [0.717, 1.165) is 5.69 Å². The van der Waals surface area contributed by atoms with Crippen LogP contribution < -0.4 is 15.5 Å². The van der Waals surface area contributed by atoms with Gasteiger partial charge in [-0.3, -0.25) is 14.2 Å². The molecule has 12 nitrogen and oxygen atoms in total. The maximum atomic E-state index is 14.1. The standard InChI is InChI=1S/C31H37F3N7O5P/c1-5-45-47(44,46-6-2)19-21-7-9-22(10-8-21)36-30-35-17-24(31(32,33)34)28(38-30)37-25-11-12-26(23-18-39(4)29(43)27(23)25)41-15-13-40(14-16-41)20(3)42/h7-12,17H,5-6,13-16,18-19H2,1-4H3,(H2,35,36,37,38). The average Bonchev–Trinajstić information content (AvgIpc) is 3.32. The fourth-order valence-corrected chi connectivity index (χ4v) is 7.35. The number of nitrogens with zero attached hydrogens (tertiary/aromatic N) is 5. The number of nitrogens with one attached hydrogen (secondary N) is 2. The van der Waals surface area contributed by atoms with Crippen LogP contribution >= 0.6 is 7.60 Å². The average molecular weight is 676 g/mol. The molecule has 0 aliphatic carbocycles. The van der Waals surface area contributed by atoms with Crippen LogP contribution in [0.4, 0.5) is 42.0 Å². The molecule has 252 valence electrons. The predicted octanol–water partition coefficient (Wildman–Crippen LogP) is 6.00. The summed E-state index contributed by atoms with van der Waals surface area (Å²) in [5, 5.41) is 5.69. The van der Waals surface area contributed by atoms with E-state index in [2.05, 4.69) is 25.5 Å². The van der Waals surface area contributed by atoms with Gasteiger partial charge in [0.05, 0.1) is 30.6 Å². The highest BCUT2D eigenvalue weighted by Gasteiger charge is 2.37. The summed E-state index contributed by atoms with van der Waals surface area (Å²) in [7, 11) is -1.69. The molecule has 1 saturated heterocycles. The molecule has 2 aliphatic heterocycles. The van der Waals surface area contributed by atoms with Crippen LogP contribution in [0.15, 0.2) is 42.6 Å². The first-order valence-corrected chi connectivity index (χ1v) is 16.9. The van der Waals surface area contributed by atoms with Crippen molar-refractivity contribution < 1.29 is 36.4 Å². The number of anilines is 5. The van der Waals surface area contributed by atoms with Gasteiger partial charge in [0.25, 0.3) is 5.91 Å². The van der Waals surface area contributed by atoms with Crippen molar-refractivity contribution in [2.45, 2.75) is 39.7 Å². The lowest BCUT2D eigenvalue weighted by Crippen LogP contribution is -2.48. The Morgan fingerprint density at radius 1 is 1.00 bits per heavy atom. The van der Waals surface area contributed by atoms with E-state index >= 15 is 0 Å². The second-order valence-electron chi connectivity index (χ2n) is 11.1. The van der Waals surface area contributed by atoms with Crippen molar-refractivity contribution in [3.05, 3.63) is 64.8 Å². The number of amides is 2. The van der Waals surface area contributed by atoms with Crippen molar-refractivity contribution in [2.24, 2.45) is 0 Å². The van der Waals surface area contributed by atoms with Crippen molar-refractivity contribution in [1.82, 2.24) is 19.8 Å². The van der Waals surface area contributed by atoms with Crippen molar-refractivity contribution in [3.8, 4) is 0 Å². The maximum Gasteiger partial charge on any atom is 0.421 e. The van der Waals surface area contributed by atoms with Crippen LogP contribution in [0.3, 0.4) is 0 Å². The summed E-state index contributed by atoms with van der Waals surface area (Å²) in [6.45, 7) is 7.92. The fourth-order valence-electron chi connectivity index (χ4n) is 5.64. The van der Waals surface area contributed by atoms with E-state index in [9.17, 15) is 27.3 Å². The zero-order valence-electron chi connectivity index (χ0n) is 26.6. The summed E-state index contributed by atoms with van der Waals surface area (Å²) in [5.41, 5.74) is 2.02. The summed E-state index contributed by atoms with van der Waals surface area (Å²) >= 11 is 0. The molecule has 2 aromatic carbocycles. The normalized spacial score (nSPS) is 15.2. The molecule has 0 saturated carbocycles. The highest BCUT2D eigenvalue weighted by Crippen LogP contribution is 2.51. The largest absolute Gasteiger partial charge is 0.421 e. The molecular weight excluding hydrogens is 638 g/mol. The van der Waals surface area contributed by atoms with Crippen molar-refractivity contribution >= 4 is 48.2 Å². The predicted molar refractivity (Wildman–Crippen MR) is 171 cm³/mol. The third-order valence-corrected chi connectivity index (χ3v) is 9.95. The van der Waals surface area contributed by atoms with Gasteiger partial charge in [0, 0.05) is 69.8 Å². The molecule has 47 heavy (non-hydrogen) atoms. The van der Waals surface area contributed by atoms with Crippen LogP contribution in [-0.4, -0.2) is 78.0 Å². The summed E-state index contributed by atoms with van der Waals surface area (Å²) < 4.78 is 65.9. The van der Waals surface area contributed by atoms with Gasteiger partial charge in [-0.1, -0.05) is 12.1 Å². The van der Waals surface area contributed by atoms with E-state index in [1.165, 1.54) is 11.8 Å². The molecule has 2 amide bonds. The first-order chi connectivity index (χ1) is 22.3. The van der Waals surface area contributed by atoms with Gasteiger partial charge in [-0.15, -0.1) is 0 Å². The Kier molecular flexibility index (Phi) is 10.1. The van der Waals surface area contributed by atoms with E-state index in [4.69, 9.17) is 9.05 Å². The Balaban J connectivity index is 1.41. The summed E-state index contributed by atoms with van der Waals surface area (Å²) in [6.07, 6.45) is -4.03. The Bertz CT molecular complexity index is 1670. The number of benzene rings is 2. The molecular formula is C31H37F3N7O5P. The minimum Gasteiger partial charge on any atom is -0.368 e.